The van der Waals surface area contributed by atoms with Gasteiger partial charge < -0.3 is 18.6 Å². The standard InChI is InChI=1S/C58H48N2O2/c1-57(2,3)41-19-25-45(26-20-41)59(43-13-9-7-10-14-43)47-23-17-37-31-49-51-35-56-52(36-55(51)61-53(49)33-39(37)29-47)50-32-38-18-24-48(30-40(38)34-54(50)62-56)60(44-15-11-8-12-16-44)46-27-21-42(22-28-46)58(4,5)6/h7-36H,1-6H3. The van der Waals surface area contributed by atoms with E-state index in [1.165, 1.54) is 11.1 Å². The molecule has 2 aromatic heterocycles. The largest absolute Gasteiger partial charge is 0.456 e. The minimum atomic E-state index is 0.0813. The Morgan fingerprint density at radius 1 is 0.290 bits per heavy atom. The normalized spacial score (nSPS) is 12.4. The first kappa shape index (κ1) is 37.7. The SMILES string of the molecule is CC(C)(C)c1ccc(N(c2ccccc2)c2ccc3cc4c(cc3c2)oc2cc3c(cc24)oc2cc4cc(N(c5ccccc5)c5ccc(C(C)(C)C)cc5)ccc4cc23)cc1. The number of anilines is 6. The van der Waals surface area contributed by atoms with Gasteiger partial charge in [-0.15, -0.1) is 0 Å². The van der Waals surface area contributed by atoms with Gasteiger partial charge in [-0.2, -0.15) is 0 Å². The first-order valence-electron chi connectivity index (χ1n) is 21.6. The molecule has 0 amide bonds. The molecule has 0 atom stereocenters. The summed E-state index contributed by atoms with van der Waals surface area (Å²) in [6, 6.07) is 65.7. The lowest BCUT2D eigenvalue weighted by Crippen LogP contribution is -2.13. The second-order valence-electron chi connectivity index (χ2n) is 18.7. The number of nitrogens with zero attached hydrogens (tertiary/aromatic N) is 2. The van der Waals surface area contributed by atoms with Gasteiger partial charge in [0.2, 0.25) is 0 Å². The lowest BCUT2D eigenvalue weighted by Gasteiger charge is -2.27. The molecule has 62 heavy (non-hydrogen) atoms. The molecule has 2 heterocycles. The molecule has 11 rings (SSSR count). The summed E-state index contributed by atoms with van der Waals surface area (Å²) in [7, 11) is 0. The third-order valence-corrected chi connectivity index (χ3v) is 12.5. The van der Waals surface area contributed by atoms with Crippen molar-refractivity contribution in [1.82, 2.24) is 0 Å². The molecule has 0 N–H and O–H groups in total. The third-order valence-electron chi connectivity index (χ3n) is 12.5. The molecule has 0 aliphatic rings. The number of fused-ring (bicyclic) bond motifs is 8. The van der Waals surface area contributed by atoms with Crippen LogP contribution in [0.4, 0.5) is 34.1 Å². The Balaban J connectivity index is 0.976. The van der Waals surface area contributed by atoms with Crippen LogP contribution in [0.1, 0.15) is 52.7 Å². The number of benzene rings is 9. The Kier molecular flexibility index (Phi) is 8.59. The fourth-order valence-electron chi connectivity index (χ4n) is 9.05. The molecule has 0 fully saturated rings. The lowest BCUT2D eigenvalue weighted by molar-refractivity contribution is 0.590. The minimum absolute atomic E-state index is 0.0813. The summed E-state index contributed by atoms with van der Waals surface area (Å²) in [5, 5.41) is 8.79. The highest BCUT2D eigenvalue weighted by Gasteiger charge is 2.20. The highest BCUT2D eigenvalue weighted by atomic mass is 16.3. The van der Waals surface area contributed by atoms with Crippen LogP contribution in [-0.4, -0.2) is 0 Å². The fourth-order valence-corrected chi connectivity index (χ4v) is 9.05. The van der Waals surface area contributed by atoms with Gasteiger partial charge in [-0.25, -0.2) is 0 Å². The molecule has 0 bridgehead atoms. The van der Waals surface area contributed by atoms with Crippen LogP contribution in [0.25, 0.3) is 65.4 Å². The van der Waals surface area contributed by atoms with Crippen LogP contribution in [-0.2, 0) is 10.8 Å². The van der Waals surface area contributed by atoms with Crippen molar-refractivity contribution in [2.45, 2.75) is 52.4 Å². The summed E-state index contributed by atoms with van der Waals surface area (Å²) in [5.41, 5.74) is 12.8. The van der Waals surface area contributed by atoms with E-state index in [-0.39, 0.29) is 10.8 Å². The van der Waals surface area contributed by atoms with E-state index in [1.54, 1.807) is 0 Å². The maximum Gasteiger partial charge on any atom is 0.136 e. The van der Waals surface area contributed by atoms with Gasteiger partial charge >= 0.3 is 0 Å². The van der Waals surface area contributed by atoms with Gasteiger partial charge in [0.1, 0.15) is 22.3 Å². The van der Waals surface area contributed by atoms with Gasteiger partial charge in [0.15, 0.2) is 0 Å². The van der Waals surface area contributed by atoms with Crippen LogP contribution in [0.15, 0.2) is 191 Å². The average molecular weight is 805 g/mol. The van der Waals surface area contributed by atoms with Gasteiger partial charge in [0, 0.05) is 55.7 Å². The summed E-state index contributed by atoms with van der Waals surface area (Å²) >= 11 is 0. The second-order valence-corrected chi connectivity index (χ2v) is 18.7. The Morgan fingerprint density at radius 2 is 0.613 bits per heavy atom. The van der Waals surface area contributed by atoms with Crippen LogP contribution in [0.2, 0.25) is 0 Å². The van der Waals surface area contributed by atoms with Gasteiger partial charge in [0.25, 0.3) is 0 Å². The zero-order valence-corrected chi connectivity index (χ0v) is 36.0. The zero-order valence-electron chi connectivity index (χ0n) is 36.0. The van der Waals surface area contributed by atoms with E-state index in [2.05, 4.69) is 233 Å². The monoisotopic (exact) mass is 804 g/mol. The van der Waals surface area contributed by atoms with Gasteiger partial charge in [-0.3, -0.25) is 0 Å². The van der Waals surface area contributed by atoms with Gasteiger partial charge in [0.05, 0.1) is 0 Å². The van der Waals surface area contributed by atoms with Crippen LogP contribution in [0, 0.1) is 0 Å². The Morgan fingerprint density at radius 3 is 0.984 bits per heavy atom. The molecule has 9 aromatic carbocycles. The van der Waals surface area contributed by atoms with E-state index in [9.17, 15) is 0 Å². The third kappa shape index (κ3) is 6.55. The van der Waals surface area contributed by atoms with Crippen LogP contribution in [0.3, 0.4) is 0 Å². The van der Waals surface area contributed by atoms with Crippen molar-refractivity contribution in [3.8, 4) is 0 Å². The Labute approximate surface area is 362 Å². The highest BCUT2D eigenvalue weighted by molar-refractivity contribution is 6.18. The van der Waals surface area contributed by atoms with E-state index < -0.39 is 0 Å². The molecule has 0 saturated carbocycles. The van der Waals surface area contributed by atoms with E-state index in [1.807, 2.05) is 0 Å². The molecule has 11 aromatic rings. The molecule has 0 aliphatic carbocycles. The quantitative estimate of drug-likeness (QED) is 0.168. The van der Waals surface area contributed by atoms with Crippen molar-refractivity contribution in [3.63, 3.8) is 0 Å². The predicted molar refractivity (Wildman–Crippen MR) is 263 cm³/mol. The van der Waals surface area contributed by atoms with Gasteiger partial charge in [-0.05, 0) is 153 Å². The van der Waals surface area contributed by atoms with Crippen molar-refractivity contribution in [3.05, 3.63) is 193 Å². The Bertz CT molecular complexity index is 3220. The summed E-state index contributed by atoms with van der Waals surface area (Å²) in [5.74, 6) is 0. The number of para-hydroxylation sites is 2. The molecule has 0 saturated heterocycles. The summed E-state index contributed by atoms with van der Waals surface area (Å²) in [6.07, 6.45) is 0. The van der Waals surface area contributed by atoms with Crippen LogP contribution < -0.4 is 9.80 Å². The molecule has 0 spiro atoms. The average Bonchev–Trinajstić information content (AvgIpc) is 3.80. The number of hydrogen-bond acceptors (Lipinski definition) is 4. The minimum Gasteiger partial charge on any atom is -0.456 e. The van der Waals surface area contributed by atoms with Crippen LogP contribution in [0.5, 0.6) is 0 Å². The molecule has 0 unspecified atom stereocenters. The van der Waals surface area contributed by atoms with Crippen molar-refractivity contribution in [1.29, 1.82) is 0 Å². The maximum absolute atomic E-state index is 6.68. The van der Waals surface area contributed by atoms with Crippen molar-refractivity contribution < 1.29 is 8.83 Å². The first-order valence-corrected chi connectivity index (χ1v) is 21.6. The molecular formula is C58H48N2O2. The summed E-state index contributed by atoms with van der Waals surface area (Å²) in [4.78, 5) is 4.65. The van der Waals surface area contributed by atoms with E-state index >= 15 is 0 Å². The molecule has 0 aliphatic heterocycles. The first-order chi connectivity index (χ1) is 29.9. The van der Waals surface area contributed by atoms with Gasteiger partial charge in [-0.1, -0.05) is 114 Å². The molecule has 302 valence electrons. The molecule has 4 nitrogen and oxygen atoms in total. The molecule has 0 radical (unpaired) electrons. The van der Waals surface area contributed by atoms with E-state index in [4.69, 9.17) is 8.83 Å². The number of hydrogen-bond donors (Lipinski definition) is 0. The smallest absolute Gasteiger partial charge is 0.136 e. The lowest BCUT2D eigenvalue weighted by atomic mass is 9.87. The topological polar surface area (TPSA) is 32.8 Å². The summed E-state index contributed by atoms with van der Waals surface area (Å²) in [6.45, 7) is 13.5. The highest BCUT2D eigenvalue weighted by Crippen LogP contribution is 2.43. The van der Waals surface area contributed by atoms with Crippen LogP contribution >= 0.6 is 0 Å². The molecular weight excluding hydrogens is 757 g/mol. The van der Waals surface area contributed by atoms with Crippen molar-refractivity contribution in [2.24, 2.45) is 0 Å². The van der Waals surface area contributed by atoms with E-state index in [0.717, 1.165) is 99.5 Å². The fraction of sp³-hybridized carbons (Fsp3) is 0.138. The Hall–Kier alpha value is -7.30. The second kappa shape index (κ2) is 14.1. The predicted octanol–water partition coefficient (Wildman–Crippen LogP) is 17.3. The number of rotatable bonds is 6. The van der Waals surface area contributed by atoms with Crippen molar-refractivity contribution >= 4 is 99.5 Å². The van der Waals surface area contributed by atoms with Crippen molar-refractivity contribution in [2.75, 3.05) is 9.80 Å². The maximum atomic E-state index is 6.68. The summed E-state index contributed by atoms with van der Waals surface area (Å²) < 4.78 is 13.4. The molecule has 4 heteroatoms. The number of furan rings is 2. The zero-order chi connectivity index (χ0) is 42.3. The van der Waals surface area contributed by atoms with E-state index in [0.29, 0.717) is 0 Å².